The highest BCUT2D eigenvalue weighted by atomic mass is 32.1. The van der Waals surface area contributed by atoms with Crippen molar-refractivity contribution in [2.24, 2.45) is 0 Å². The Kier molecular flexibility index (Phi) is 5.81. The third-order valence-electron chi connectivity index (χ3n) is 4.07. The Balaban J connectivity index is 2.04. The Morgan fingerprint density at radius 2 is 2.30 bits per heavy atom. The summed E-state index contributed by atoms with van der Waals surface area (Å²) in [7, 11) is 6.43. The monoisotopic (exact) mass is 296 g/mol. The van der Waals surface area contributed by atoms with Crippen molar-refractivity contribution < 1.29 is 0 Å². The summed E-state index contributed by atoms with van der Waals surface area (Å²) >= 11 is 1.85. The van der Waals surface area contributed by atoms with E-state index in [1.54, 1.807) is 0 Å². The van der Waals surface area contributed by atoms with Crippen LogP contribution in [0.3, 0.4) is 0 Å². The first-order valence-electron chi connectivity index (χ1n) is 7.70. The molecule has 0 spiro atoms. The van der Waals surface area contributed by atoms with E-state index in [1.165, 1.54) is 35.1 Å². The van der Waals surface area contributed by atoms with Crippen LogP contribution in [0.15, 0.2) is 0 Å². The molecule has 1 aliphatic rings. The fraction of sp³-hybridized carbons (Fsp3) is 0.800. The van der Waals surface area contributed by atoms with Gasteiger partial charge in [-0.05, 0) is 39.9 Å². The molecule has 2 heterocycles. The lowest BCUT2D eigenvalue weighted by Gasteiger charge is -2.25. The average molecular weight is 296 g/mol. The summed E-state index contributed by atoms with van der Waals surface area (Å²) in [6.07, 6.45) is 4.90. The van der Waals surface area contributed by atoms with Crippen molar-refractivity contribution >= 4 is 16.5 Å². The smallest absolute Gasteiger partial charge is 0.185 e. The predicted octanol–water partition coefficient (Wildman–Crippen LogP) is 2.35. The first-order chi connectivity index (χ1) is 9.65. The number of likely N-dealkylation sites (N-methyl/N-ethyl adjacent to an activating group) is 2. The molecular formula is C15H28N4S. The molecule has 0 radical (unpaired) electrons. The lowest BCUT2D eigenvalue weighted by molar-refractivity contribution is 0.314. The minimum Gasteiger partial charge on any atom is -0.350 e. The molecule has 1 atom stereocenters. The third-order valence-corrected chi connectivity index (χ3v) is 5.29. The molecule has 5 heteroatoms. The van der Waals surface area contributed by atoms with Gasteiger partial charge in [0.25, 0.3) is 0 Å². The Morgan fingerprint density at radius 1 is 1.50 bits per heavy atom. The molecule has 1 aromatic rings. The van der Waals surface area contributed by atoms with Crippen LogP contribution in [0.4, 0.5) is 5.13 Å². The molecule has 0 amide bonds. The second-order valence-corrected chi connectivity index (χ2v) is 6.87. The topological polar surface area (TPSA) is 31.4 Å². The molecule has 20 heavy (non-hydrogen) atoms. The molecule has 1 aromatic heterocycles. The van der Waals surface area contributed by atoms with Crippen LogP contribution in [0.1, 0.15) is 36.8 Å². The van der Waals surface area contributed by atoms with Crippen molar-refractivity contribution in [3.8, 4) is 0 Å². The van der Waals surface area contributed by atoms with E-state index < -0.39 is 0 Å². The summed E-state index contributed by atoms with van der Waals surface area (Å²) in [6, 6.07) is 0.686. The predicted molar refractivity (Wildman–Crippen MR) is 87.8 cm³/mol. The molecule has 2 rings (SSSR count). The number of aryl methyl sites for hydroxylation is 1. The van der Waals surface area contributed by atoms with E-state index in [2.05, 4.69) is 36.1 Å². The lowest BCUT2D eigenvalue weighted by Crippen LogP contribution is -2.36. The zero-order valence-corrected chi connectivity index (χ0v) is 14.1. The van der Waals surface area contributed by atoms with E-state index in [9.17, 15) is 0 Å². The van der Waals surface area contributed by atoms with Crippen molar-refractivity contribution in [1.29, 1.82) is 0 Å². The van der Waals surface area contributed by atoms with Crippen molar-refractivity contribution in [2.75, 3.05) is 39.1 Å². The summed E-state index contributed by atoms with van der Waals surface area (Å²) in [5, 5.41) is 4.44. The van der Waals surface area contributed by atoms with Gasteiger partial charge in [0, 0.05) is 31.1 Å². The van der Waals surface area contributed by atoms with Crippen LogP contribution < -0.4 is 10.2 Å². The van der Waals surface area contributed by atoms with Crippen molar-refractivity contribution in [2.45, 2.75) is 45.2 Å². The van der Waals surface area contributed by atoms with Crippen LogP contribution in [-0.4, -0.2) is 50.2 Å². The second kappa shape index (κ2) is 7.38. The average Bonchev–Trinajstić information content (AvgIpc) is 2.99. The van der Waals surface area contributed by atoms with Crippen LogP contribution in [0, 0.1) is 0 Å². The zero-order chi connectivity index (χ0) is 14.5. The molecule has 0 saturated carbocycles. The minimum absolute atomic E-state index is 0.686. The van der Waals surface area contributed by atoms with E-state index in [1.807, 2.05) is 18.4 Å². The first kappa shape index (κ1) is 15.7. The van der Waals surface area contributed by atoms with Gasteiger partial charge in [-0.25, -0.2) is 4.98 Å². The van der Waals surface area contributed by atoms with Gasteiger partial charge in [-0.15, -0.1) is 11.3 Å². The van der Waals surface area contributed by atoms with Gasteiger partial charge in [0.15, 0.2) is 5.13 Å². The molecular weight excluding hydrogens is 268 g/mol. The highest BCUT2D eigenvalue weighted by Crippen LogP contribution is 2.28. The normalized spacial score (nSPS) is 19.7. The Bertz CT molecular complexity index is 395. The first-order valence-corrected chi connectivity index (χ1v) is 8.51. The number of anilines is 1. The summed E-state index contributed by atoms with van der Waals surface area (Å²) in [6.45, 7) is 5.49. The second-order valence-electron chi connectivity index (χ2n) is 5.80. The van der Waals surface area contributed by atoms with Gasteiger partial charge in [0.1, 0.15) is 0 Å². The molecule has 0 aliphatic carbocycles. The lowest BCUT2D eigenvalue weighted by atomic mass is 10.2. The molecule has 1 unspecified atom stereocenters. The molecule has 1 saturated heterocycles. The molecule has 4 nitrogen and oxygen atoms in total. The van der Waals surface area contributed by atoms with Gasteiger partial charge in [0.05, 0.1) is 5.69 Å². The van der Waals surface area contributed by atoms with Gasteiger partial charge in [-0.1, -0.05) is 13.3 Å². The number of hydrogen-bond acceptors (Lipinski definition) is 5. The molecule has 0 bridgehead atoms. The quantitative estimate of drug-likeness (QED) is 0.837. The zero-order valence-electron chi connectivity index (χ0n) is 13.3. The highest BCUT2D eigenvalue weighted by molar-refractivity contribution is 7.15. The van der Waals surface area contributed by atoms with Crippen molar-refractivity contribution in [1.82, 2.24) is 15.2 Å². The van der Waals surface area contributed by atoms with Crippen LogP contribution in [0.25, 0.3) is 0 Å². The van der Waals surface area contributed by atoms with Crippen molar-refractivity contribution in [3.63, 3.8) is 0 Å². The summed E-state index contributed by atoms with van der Waals surface area (Å²) in [5.41, 5.74) is 1.29. The van der Waals surface area contributed by atoms with E-state index >= 15 is 0 Å². The fourth-order valence-electron chi connectivity index (χ4n) is 2.87. The van der Waals surface area contributed by atoms with Gasteiger partial charge >= 0.3 is 0 Å². The Labute approximate surface area is 127 Å². The van der Waals surface area contributed by atoms with Crippen molar-refractivity contribution in [3.05, 3.63) is 10.6 Å². The number of hydrogen-bond donors (Lipinski definition) is 1. The summed E-state index contributed by atoms with van der Waals surface area (Å²) in [4.78, 5) is 11.1. The molecule has 114 valence electrons. The Morgan fingerprint density at radius 3 is 2.90 bits per heavy atom. The molecule has 1 aliphatic heterocycles. The Hall–Kier alpha value is -0.650. The highest BCUT2D eigenvalue weighted by Gasteiger charge is 2.23. The summed E-state index contributed by atoms with van der Waals surface area (Å²) < 4.78 is 0. The maximum absolute atomic E-state index is 4.87. The number of thiazole rings is 1. The minimum atomic E-state index is 0.686. The van der Waals surface area contributed by atoms with E-state index in [0.717, 1.165) is 25.9 Å². The third kappa shape index (κ3) is 3.71. The van der Waals surface area contributed by atoms with Crippen LogP contribution in [0.2, 0.25) is 0 Å². The van der Waals surface area contributed by atoms with Gasteiger partial charge in [-0.3, -0.25) is 0 Å². The largest absolute Gasteiger partial charge is 0.350 e. The van der Waals surface area contributed by atoms with Gasteiger partial charge in [0.2, 0.25) is 0 Å². The number of nitrogens with one attached hydrogen (secondary N) is 1. The number of rotatable bonds is 7. The van der Waals surface area contributed by atoms with Gasteiger partial charge in [-0.2, -0.15) is 0 Å². The number of nitrogens with zero attached hydrogens (tertiary/aromatic N) is 3. The van der Waals surface area contributed by atoms with Gasteiger partial charge < -0.3 is 15.1 Å². The maximum atomic E-state index is 4.87. The standard InChI is InChI=1S/C15H28N4S/c1-5-7-13-14(10-16-2)20-15(17-13)19(4)11-12-8-6-9-18(12)3/h12,16H,5-11H2,1-4H3. The van der Waals surface area contributed by atoms with E-state index in [0.29, 0.717) is 6.04 Å². The van der Waals surface area contributed by atoms with Crippen LogP contribution in [-0.2, 0) is 13.0 Å². The number of likely N-dealkylation sites (tertiary alicyclic amines) is 1. The summed E-state index contributed by atoms with van der Waals surface area (Å²) in [5.74, 6) is 0. The molecule has 1 fully saturated rings. The molecule has 1 N–H and O–H groups in total. The maximum Gasteiger partial charge on any atom is 0.185 e. The van der Waals surface area contributed by atoms with E-state index in [4.69, 9.17) is 4.98 Å². The van der Waals surface area contributed by atoms with Crippen LogP contribution in [0.5, 0.6) is 0 Å². The number of aromatic nitrogens is 1. The molecule has 0 aromatic carbocycles. The van der Waals surface area contributed by atoms with Crippen LogP contribution >= 0.6 is 11.3 Å². The van der Waals surface area contributed by atoms with E-state index in [-0.39, 0.29) is 0 Å². The fourth-order valence-corrected chi connectivity index (χ4v) is 3.96. The SMILES string of the molecule is CCCc1nc(N(C)CC2CCCN2C)sc1CNC.